The van der Waals surface area contributed by atoms with Gasteiger partial charge >= 0.3 is 0 Å². The highest BCUT2D eigenvalue weighted by Gasteiger charge is 2.23. The summed E-state index contributed by atoms with van der Waals surface area (Å²) < 4.78 is 5.04. The van der Waals surface area contributed by atoms with Crippen LogP contribution in [0.5, 0.6) is 0 Å². The van der Waals surface area contributed by atoms with E-state index >= 15 is 0 Å². The Balaban J connectivity index is 1.70. The van der Waals surface area contributed by atoms with Crippen LogP contribution in [-0.2, 0) is 9.59 Å². The largest absolute Gasteiger partial charge is 0.459 e. The van der Waals surface area contributed by atoms with Gasteiger partial charge in [-0.2, -0.15) is 0 Å². The summed E-state index contributed by atoms with van der Waals surface area (Å²) in [5.41, 5.74) is 2.76. The molecule has 29 heavy (non-hydrogen) atoms. The van der Waals surface area contributed by atoms with E-state index in [1.165, 1.54) is 17.2 Å². The fraction of sp³-hybridized carbons (Fsp3) is 0.409. The number of amides is 3. The molecule has 0 radical (unpaired) electrons. The van der Waals surface area contributed by atoms with Crippen molar-refractivity contribution in [1.82, 2.24) is 10.6 Å². The average Bonchev–Trinajstić information content (AvgIpc) is 3.40. The van der Waals surface area contributed by atoms with Crippen LogP contribution in [0.25, 0.3) is 0 Å². The Bertz CT molecular complexity index is 870. The van der Waals surface area contributed by atoms with Gasteiger partial charge in [0.25, 0.3) is 5.91 Å². The summed E-state index contributed by atoms with van der Waals surface area (Å²) in [5.74, 6) is -0.899. The topological polar surface area (TPSA) is 91.7 Å². The minimum Gasteiger partial charge on any atom is -0.459 e. The van der Waals surface area contributed by atoms with Gasteiger partial charge in [-0.15, -0.1) is 0 Å². The molecule has 1 aromatic carbocycles. The second kappa shape index (κ2) is 9.41. The number of carbonyl (C=O) groups excluding carboxylic acids is 3. The van der Waals surface area contributed by atoms with Crippen LogP contribution in [0.15, 0.2) is 41.0 Å². The highest BCUT2D eigenvalue weighted by atomic mass is 16.3. The third kappa shape index (κ3) is 5.47. The predicted molar refractivity (Wildman–Crippen MR) is 110 cm³/mol. The number of aryl methyl sites for hydroxylation is 2. The number of nitrogens with zero attached hydrogens (tertiary/aromatic N) is 1. The number of hydrogen-bond acceptors (Lipinski definition) is 4. The molecule has 0 atom stereocenters. The first kappa shape index (κ1) is 20.6. The summed E-state index contributed by atoms with van der Waals surface area (Å²) in [6, 6.07) is 8.92. The quantitative estimate of drug-likeness (QED) is 0.751. The molecule has 2 N–H and O–H groups in total. The van der Waals surface area contributed by atoms with Crippen LogP contribution in [0.3, 0.4) is 0 Å². The smallest absolute Gasteiger partial charge is 0.287 e. The monoisotopic (exact) mass is 397 g/mol. The van der Waals surface area contributed by atoms with Crippen molar-refractivity contribution in [2.45, 2.75) is 45.6 Å². The molecule has 1 fully saturated rings. The van der Waals surface area contributed by atoms with Crippen LogP contribution in [0.1, 0.15) is 47.4 Å². The van der Waals surface area contributed by atoms with E-state index in [4.69, 9.17) is 4.42 Å². The molecule has 7 heteroatoms. The minimum absolute atomic E-state index is 0.0888. The van der Waals surface area contributed by atoms with E-state index < -0.39 is 5.91 Å². The molecule has 0 aliphatic heterocycles. The first-order valence-electron chi connectivity index (χ1n) is 9.92. The summed E-state index contributed by atoms with van der Waals surface area (Å²) in [6.07, 6.45) is 5.57. The molecule has 7 nitrogen and oxygen atoms in total. The van der Waals surface area contributed by atoms with Crippen molar-refractivity contribution in [3.05, 3.63) is 53.5 Å². The molecule has 1 saturated carbocycles. The Morgan fingerprint density at radius 2 is 1.86 bits per heavy atom. The Morgan fingerprint density at radius 1 is 1.10 bits per heavy atom. The number of rotatable bonds is 7. The van der Waals surface area contributed by atoms with E-state index in [0.29, 0.717) is 5.69 Å². The van der Waals surface area contributed by atoms with Crippen molar-refractivity contribution in [3.63, 3.8) is 0 Å². The molecule has 3 amide bonds. The van der Waals surface area contributed by atoms with Gasteiger partial charge in [-0.05, 0) is 62.1 Å². The van der Waals surface area contributed by atoms with Gasteiger partial charge in [0.1, 0.15) is 6.54 Å². The maximum absolute atomic E-state index is 12.9. The normalized spacial score (nSPS) is 13.9. The van der Waals surface area contributed by atoms with Gasteiger partial charge in [0.15, 0.2) is 5.76 Å². The molecule has 0 spiro atoms. The molecule has 0 unspecified atom stereocenters. The van der Waals surface area contributed by atoms with Crippen molar-refractivity contribution in [2.75, 3.05) is 18.0 Å². The lowest BCUT2D eigenvalue weighted by Gasteiger charge is -2.24. The molecule has 3 rings (SSSR count). The average molecular weight is 397 g/mol. The lowest BCUT2D eigenvalue weighted by atomic mass is 10.1. The molecule has 1 heterocycles. The van der Waals surface area contributed by atoms with Gasteiger partial charge < -0.3 is 20.0 Å². The zero-order valence-corrected chi connectivity index (χ0v) is 16.9. The molecule has 1 aliphatic carbocycles. The fourth-order valence-electron chi connectivity index (χ4n) is 3.45. The van der Waals surface area contributed by atoms with Crippen molar-refractivity contribution in [2.24, 2.45) is 0 Å². The Labute approximate surface area is 170 Å². The first-order chi connectivity index (χ1) is 13.9. The van der Waals surface area contributed by atoms with Gasteiger partial charge in [0.2, 0.25) is 11.8 Å². The molecule has 154 valence electrons. The maximum Gasteiger partial charge on any atom is 0.287 e. The highest BCUT2D eigenvalue weighted by Crippen LogP contribution is 2.20. The van der Waals surface area contributed by atoms with Crippen LogP contribution >= 0.6 is 0 Å². The number of benzene rings is 1. The van der Waals surface area contributed by atoms with Gasteiger partial charge in [-0.25, -0.2) is 0 Å². The molecule has 1 aliphatic rings. The van der Waals surface area contributed by atoms with Gasteiger partial charge in [-0.1, -0.05) is 18.9 Å². The zero-order valence-electron chi connectivity index (χ0n) is 16.9. The van der Waals surface area contributed by atoms with Gasteiger partial charge in [0, 0.05) is 11.7 Å². The highest BCUT2D eigenvalue weighted by molar-refractivity contribution is 6.02. The second-order valence-corrected chi connectivity index (χ2v) is 7.46. The summed E-state index contributed by atoms with van der Waals surface area (Å²) in [7, 11) is 0. The van der Waals surface area contributed by atoms with Crippen LogP contribution in [0, 0.1) is 13.8 Å². The SMILES string of the molecule is Cc1ccc(N(CC(=O)NC2CCCC2)C(=O)CNC(=O)c2ccco2)cc1C. The number of nitrogens with one attached hydrogen (secondary N) is 2. The zero-order chi connectivity index (χ0) is 20.8. The van der Waals surface area contributed by atoms with E-state index in [1.54, 1.807) is 6.07 Å². The molecular weight excluding hydrogens is 370 g/mol. The number of carbonyl (C=O) groups is 3. The summed E-state index contributed by atoms with van der Waals surface area (Å²) in [6.45, 7) is 3.62. The van der Waals surface area contributed by atoms with Gasteiger partial charge in [0.05, 0.1) is 12.8 Å². The number of hydrogen-bond donors (Lipinski definition) is 2. The third-order valence-electron chi connectivity index (χ3n) is 5.27. The molecule has 0 bridgehead atoms. The van der Waals surface area contributed by atoms with Crippen LogP contribution in [0.2, 0.25) is 0 Å². The van der Waals surface area contributed by atoms with Crippen molar-refractivity contribution < 1.29 is 18.8 Å². The fourth-order valence-corrected chi connectivity index (χ4v) is 3.45. The minimum atomic E-state index is -0.473. The van der Waals surface area contributed by atoms with Crippen LogP contribution < -0.4 is 15.5 Å². The number of furan rings is 1. The standard InChI is InChI=1S/C22H27N3O4/c1-15-9-10-18(12-16(15)2)25(14-20(26)24-17-6-3-4-7-17)21(27)13-23-22(28)19-8-5-11-29-19/h5,8-12,17H,3-4,6-7,13-14H2,1-2H3,(H,23,28)(H,24,26). The molecule has 1 aromatic heterocycles. The van der Waals surface area contributed by atoms with E-state index in [-0.39, 0.29) is 36.7 Å². The number of anilines is 1. The van der Waals surface area contributed by atoms with Crippen molar-refractivity contribution in [1.29, 1.82) is 0 Å². The predicted octanol–water partition coefficient (Wildman–Crippen LogP) is 2.72. The molecule has 0 saturated heterocycles. The van der Waals surface area contributed by atoms with Crippen molar-refractivity contribution >= 4 is 23.4 Å². The Morgan fingerprint density at radius 3 is 2.52 bits per heavy atom. The lowest BCUT2D eigenvalue weighted by molar-refractivity contribution is -0.123. The Kier molecular flexibility index (Phi) is 6.69. The van der Waals surface area contributed by atoms with E-state index in [9.17, 15) is 14.4 Å². The van der Waals surface area contributed by atoms with E-state index in [0.717, 1.165) is 36.8 Å². The van der Waals surface area contributed by atoms with Crippen molar-refractivity contribution in [3.8, 4) is 0 Å². The van der Waals surface area contributed by atoms with Crippen LogP contribution in [0.4, 0.5) is 5.69 Å². The maximum atomic E-state index is 12.9. The summed E-state index contributed by atoms with van der Waals surface area (Å²) in [5, 5.41) is 5.56. The second-order valence-electron chi connectivity index (χ2n) is 7.46. The van der Waals surface area contributed by atoms with Crippen LogP contribution in [-0.4, -0.2) is 36.9 Å². The first-order valence-corrected chi connectivity index (χ1v) is 9.92. The summed E-state index contributed by atoms with van der Waals surface area (Å²) in [4.78, 5) is 38.9. The molecule has 2 aromatic rings. The lowest BCUT2D eigenvalue weighted by Crippen LogP contribution is -2.47. The van der Waals surface area contributed by atoms with E-state index in [1.807, 2.05) is 32.0 Å². The Hall–Kier alpha value is -3.09. The third-order valence-corrected chi connectivity index (χ3v) is 5.27. The van der Waals surface area contributed by atoms with E-state index in [2.05, 4.69) is 10.6 Å². The van der Waals surface area contributed by atoms with Gasteiger partial charge in [-0.3, -0.25) is 14.4 Å². The molecular formula is C22H27N3O4. The summed E-state index contributed by atoms with van der Waals surface area (Å²) >= 11 is 0.